The van der Waals surface area contributed by atoms with Crippen molar-refractivity contribution in [1.29, 1.82) is 0 Å². The van der Waals surface area contributed by atoms with E-state index in [0.717, 1.165) is 0 Å². The summed E-state index contributed by atoms with van der Waals surface area (Å²) >= 11 is 0. The van der Waals surface area contributed by atoms with Gasteiger partial charge in [-0.2, -0.15) is 0 Å². The SMILES string of the molecule is COC(CO)c1cccc([N+](=O)[O-])c1. The molecule has 1 N–H and O–H groups in total. The van der Waals surface area contributed by atoms with Crippen LogP contribution in [0.3, 0.4) is 0 Å². The standard InChI is InChI=1S/C9H11NO4/c1-14-9(6-11)7-3-2-4-8(5-7)10(12)13/h2-5,9,11H,6H2,1H3. The molecule has 76 valence electrons. The van der Waals surface area contributed by atoms with Crippen LogP contribution in [-0.4, -0.2) is 23.7 Å². The van der Waals surface area contributed by atoms with Gasteiger partial charge in [-0.1, -0.05) is 12.1 Å². The van der Waals surface area contributed by atoms with Crippen molar-refractivity contribution >= 4 is 5.69 Å². The maximum atomic E-state index is 10.5. The second-order valence-electron chi connectivity index (χ2n) is 2.76. The lowest BCUT2D eigenvalue weighted by atomic mass is 10.1. The molecule has 5 heteroatoms. The highest BCUT2D eigenvalue weighted by atomic mass is 16.6. The molecule has 5 nitrogen and oxygen atoms in total. The first kappa shape index (κ1) is 10.6. The van der Waals surface area contributed by atoms with Gasteiger partial charge in [0, 0.05) is 19.2 Å². The first-order valence-corrected chi connectivity index (χ1v) is 4.07. The first-order chi connectivity index (χ1) is 6.69. The van der Waals surface area contributed by atoms with Crippen LogP contribution in [0, 0.1) is 10.1 Å². The maximum Gasteiger partial charge on any atom is 0.269 e. The molecule has 0 aliphatic carbocycles. The summed E-state index contributed by atoms with van der Waals surface area (Å²) in [6.07, 6.45) is -0.505. The fourth-order valence-corrected chi connectivity index (χ4v) is 1.15. The van der Waals surface area contributed by atoms with Crippen molar-refractivity contribution in [1.82, 2.24) is 0 Å². The van der Waals surface area contributed by atoms with Crippen LogP contribution < -0.4 is 0 Å². The van der Waals surface area contributed by atoms with Gasteiger partial charge in [-0.25, -0.2) is 0 Å². The number of ether oxygens (including phenoxy) is 1. The average Bonchev–Trinajstić information content (AvgIpc) is 2.20. The molecule has 0 aliphatic rings. The Morgan fingerprint density at radius 1 is 1.64 bits per heavy atom. The second kappa shape index (κ2) is 4.69. The highest BCUT2D eigenvalue weighted by molar-refractivity contribution is 5.35. The summed E-state index contributed by atoms with van der Waals surface area (Å²) in [5.41, 5.74) is 0.599. The predicted molar refractivity (Wildman–Crippen MR) is 49.9 cm³/mol. The number of methoxy groups -OCH3 is 1. The smallest absolute Gasteiger partial charge is 0.269 e. The van der Waals surface area contributed by atoms with E-state index in [2.05, 4.69) is 0 Å². The van der Waals surface area contributed by atoms with E-state index in [-0.39, 0.29) is 12.3 Å². The zero-order valence-corrected chi connectivity index (χ0v) is 7.71. The number of non-ortho nitro benzene ring substituents is 1. The summed E-state index contributed by atoms with van der Waals surface area (Å²) < 4.78 is 4.95. The van der Waals surface area contributed by atoms with E-state index in [1.807, 2.05) is 0 Å². The van der Waals surface area contributed by atoms with Crippen LogP contribution in [0.25, 0.3) is 0 Å². The normalized spacial score (nSPS) is 12.4. The maximum absolute atomic E-state index is 10.5. The van der Waals surface area contributed by atoms with Crippen LogP contribution in [0.5, 0.6) is 0 Å². The molecule has 0 bridgehead atoms. The van der Waals surface area contributed by atoms with E-state index in [0.29, 0.717) is 5.56 Å². The molecule has 0 radical (unpaired) electrons. The van der Waals surface area contributed by atoms with Crippen molar-refractivity contribution in [2.24, 2.45) is 0 Å². The molecule has 0 amide bonds. The fraction of sp³-hybridized carbons (Fsp3) is 0.333. The summed E-state index contributed by atoms with van der Waals surface area (Å²) in [7, 11) is 1.44. The molecule has 0 saturated carbocycles. The zero-order valence-electron chi connectivity index (χ0n) is 7.71. The lowest BCUT2D eigenvalue weighted by Crippen LogP contribution is -2.06. The van der Waals surface area contributed by atoms with Crippen LogP contribution in [0.1, 0.15) is 11.7 Å². The van der Waals surface area contributed by atoms with Crippen LogP contribution in [-0.2, 0) is 4.74 Å². The molecular weight excluding hydrogens is 186 g/mol. The third kappa shape index (κ3) is 2.27. The van der Waals surface area contributed by atoms with E-state index in [9.17, 15) is 10.1 Å². The Hall–Kier alpha value is -1.46. The van der Waals surface area contributed by atoms with Gasteiger partial charge in [0.2, 0.25) is 0 Å². The topological polar surface area (TPSA) is 72.6 Å². The van der Waals surface area contributed by atoms with Crippen LogP contribution in [0.15, 0.2) is 24.3 Å². The lowest BCUT2D eigenvalue weighted by Gasteiger charge is -2.11. The van der Waals surface area contributed by atoms with Crippen LogP contribution in [0.2, 0.25) is 0 Å². The lowest BCUT2D eigenvalue weighted by molar-refractivity contribution is -0.385. The van der Waals surface area contributed by atoms with Gasteiger partial charge in [0.25, 0.3) is 5.69 Å². The molecule has 1 atom stereocenters. The number of benzene rings is 1. The molecule has 1 aromatic carbocycles. The molecular formula is C9H11NO4. The minimum atomic E-state index is -0.505. The quantitative estimate of drug-likeness (QED) is 0.582. The Morgan fingerprint density at radius 2 is 2.36 bits per heavy atom. The minimum absolute atomic E-state index is 0.00185. The molecule has 0 aliphatic heterocycles. The monoisotopic (exact) mass is 197 g/mol. The van der Waals surface area contributed by atoms with Gasteiger partial charge in [-0.15, -0.1) is 0 Å². The van der Waals surface area contributed by atoms with Gasteiger partial charge in [-0.3, -0.25) is 10.1 Å². The Bertz CT molecular complexity index is 322. The summed E-state index contributed by atoms with van der Waals surface area (Å²) in [4.78, 5) is 9.98. The van der Waals surface area contributed by atoms with Gasteiger partial charge in [-0.05, 0) is 5.56 Å². The van der Waals surface area contributed by atoms with Crippen molar-refractivity contribution in [2.75, 3.05) is 13.7 Å². The zero-order chi connectivity index (χ0) is 10.6. The third-order valence-corrected chi connectivity index (χ3v) is 1.90. The summed E-state index contributed by atoms with van der Waals surface area (Å²) in [5.74, 6) is 0. The average molecular weight is 197 g/mol. The fourth-order valence-electron chi connectivity index (χ4n) is 1.15. The van der Waals surface area contributed by atoms with E-state index in [4.69, 9.17) is 9.84 Å². The highest BCUT2D eigenvalue weighted by Crippen LogP contribution is 2.20. The number of rotatable bonds is 4. The van der Waals surface area contributed by atoms with Gasteiger partial charge < -0.3 is 9.84 Å². The Morgan fingerprint density at radius 3 is 2.86 bits per heavy atom. The van der Waals surface area contributed by atoms with Gasteiger partial charge in [0.15, 0.2) is 0 Å². The van der Waals surface area contributed by atoms with Gasteiger partial charge >= 0.3 is 0 Å². The third-order valence-electron chi connectivity index (χ3n) is 1.90. The summed E-state index contributed by atoms with van der Waals surface area (Å²) in [5, 5.41) is 19.4. The number of aliphatic hydroxyl groups is 1. The van der Waals surface area contributed by atoms with Crippen molar-refractivity contribution in [3.63, 3.8) is 0 Å². The number of nitrogens with zero attached hydrogens (tertiary/aromatic N) is 1. The Labute approximate surface area is 81.1 Å². The molecule has 14 heavy (non-hydrogen) atoms. The molecule has 0 spiro atoms. The predicted octanol–water partition coefficient (Wildman–Crippen LogP) is 1.27. The van der Waals surface area contributed by atoms with E-state index < -0.39 is 11.0 Å². The van der Waals surface area contributed by atoms with Gasteiger partial charge in [0.05, 0.1) is 11.5 Å². The number of nitro groups is 1. The largest absolute Gasteiger partial charge is 0.393 e. The van der Waals surface area contributed by atoms with E-state index in [1.54, 1.807) is 12.1 Å². The van der Waals surface area contributed by atoms with Crippen molar-refractivity contribution in [3.8, 4) is 0 Å². The molecule has 0 aromatic heterocycles. The number of nitro benzene ring substituents is 1. The summed E-state index contributed by atoms with van der Waals surface area (Å²) in [6, 6.07) is 6.03. The first-order valence-electron chi connectivity index (χ1n) is 4.07. The Kier molecular flexibility index (Phi) is 3.55. The van der Waals surface area contributed by atoms with Crippen LogP contribution >= 0.6 is 0 Å². The minimum Gasteiger partial charge on any atom is -0.393 e. The van der Waals surface area contributed by atoms with Crippen molar-refractivity contribution in [2.45, 2.75) is 6.10 Å². The second-order valence-corrected chi connectivity index (χ2v) is 2.76. The number of hydrogen-bond acceptors (Lipinski definition) is 4. The van der Waals surface area contributed by atoms with Crippen molar-refractivity contribution < 1.29 is 14.8 Å². The number of hydrogen-bond donors (Lipinski definition) is 1. The molecule has 0 heterocycles. The van der Waals surface area contributed by atoms with Crippen LogP contribution in [0.4, 0.5) is 5.69 Å². The molecule has 1 unspecified atom stereocenters. The number of aliphatic hydroxyl groups excluding tert-OH is 1. The van der Waals surface area contributed by atoms with E-state index in [1.165, 1.54) is 19.2 Å². The van der Waals surface area contributed by atoms with Gasteiger partial charge in [0.1, 0.15) is 6.10 Å². The summed E-state index contributed by atoms with van der Waals surface area (Å²) in [6.45, 7) is -0.197. The molecule has 0 fully saturated rings. The Balaban J connectivity index is 2.98. The van der Waals surface area contributed by atoms with Crippen molar-refractivity contribution in [3.05, 3.63) is 39.9 Å². The molecule has 1 rings (SSSR count). The van der Waals surface area contributed by atoms with E-state index >= 15 is 0 Å². The molecule has 1 aromatic rings. The molecule has 0 saturated heterocycles. The highest BCUT2D eigenvalue weighted by Gasteiger charge is 2.12.